The van der Waals surface area contributed by atoms with Gasteiger partial charge in [-0.1, -0.05) is 12.8 Å². The van der Waals surface area contributed by atoms with E-state index >= 15 is 0 Å². The average Bonchev–Trinajstić information content (AvgIpc) is 2.89. The second-order valence-corrected chi connectivity index (χ2v) is 4.76. The van der Waals surface area contributed by atoms with E-state index in [0.717, 1.165) is 37.8 Å². The molecule has 0 unspecified atom stereocenters. The number of carbonyl (C=O) groups excluding carboxylic acids is 1. The summed E-state index contributed by atoms with van der Waals surface area (Å²) in [5.74, 6) is 0.166. The van der Waals surface area contributed by atoms with Gasteiger partial charge in [-0.15, -0.1) is 13.2 Å². The molecular formula is C14H15F3O3. The zero-order valence-electron chi connectivity index (χ0n) is 10.8. The first-order valence-corrected chi connectivity index (χ1v) is 6.45. The second kappa shape index (κ2) is 6.15. The van der Waals surface area contributed by atoms with Crippen LogP contribution in [-0.4, -0.2) is 18.8 Å². The van der Waals surface area contributed by atoms with Crippen molar-refractivity contribution in [2.45, 2.75) is 32.0 Å². The lowest BCUT2D eigenvalue weighted by atomic mass is 10.0. The molecule has 0 radical (unpaired) electrons. The van der Waals surface area contributed by atoms with Crippen LogP contribution < -0.4 is 9.47 Å². The van der Waals surface area contributed by atoms with Crippen molar-refractivity contribution < 1.29 is 27.4 Å². The van der Waals surface area contributed by atoms with Gasteiger partial charge < -0.3 is 9.47 Å². The molecule has 0 bridgehead atoms. The average molecular weight is 288 g/mol. The van der Waals surface area contributed by atoms with E-state index in [1.54, 1.807) is 0 Å². The van der Waals surface area contributed by atoms with Gasteiger partial charge in [0.15, 0.2) is 5.78 Å². The molecule has 0 heterocycles. The maximum Gasteiger partial charge on any atom is 0.573 e. The molecule has 1 aromatic rings. The van der Waals surface area contributed by atoms with Crippen molar-refractivity contribution in [1.82, 2.24) is 0 Å². The van der Waals surface area contributed by atoms with E-state index in [4.69, 9.17) is 4.74 Å². The molecule has 110 valence electrons. The molecular weight excluding hydrogens is 273 g/mol. The standard InChI is InChI=1S/C14H15F3O3/c15-14(16,17)20-12-7-5-11(6-8-12)19-9-13(18)10-3-1-2-4-10/h5-8,10H,1-4,9H2. The van der Waals surface area contributed by atoms with Crippen molar-refractivity contribution in [2.24, 2.45) is 5.92 Å². The Bertz CT molecular complexity index is 448. The molecule has 1 aromatic carbocycles. The number of carbonyl (C=O) groups is 1. The fourth-order valence-corrected chi connectivity index (χ4v) is 2.26. The van der Waals surface area contributed by atoms with Crippen LogP contribution in [-0.2, 0) is 4.79 Å². The zero-order valence-corrected chi connectivity index (χ0v) is 10.8. The maximum absolute atomic E-state index is 12.0. The van der Waals surface area contributed by atoms with Gasteiger partial charge in [0.05, 0.1) is 0 Å². The van der Waals surface area contributed by atoms with Crippen LogP contribution in [0.25, 0.3) is 0 Å². The molecule has 1 saturated carbocycles. The first kappa shape index (κ1) is 14.7. The minimum atomic E-state index is -4.71. The molecule has 1 fully saturated rings. The predicted molar refractivity (Wildman–Crippen MR) is 65.6 cm³/mol. The first-order valence-electron chi connectivity index (χ1n) is 6.45. The molecule has 20 heavy (non-hydrogen) atoms. The molecule has 6 heteroatoms. The van der Waals surface area contributed by atoms with Gasteiger partial charge in [-0.05, 0) is 37.1 Å². The van der Waals surface area contributed by atoms with Gasteiger partial charge in [0.2, 0.25) is 0 Å². The van der Waals surface area contributed by atoms with E-state index in [0.29, 0.717) is 5.75 Å². The van der Waals surface area contributed by atoms with Crippen molar-refractivity contribution in [3.63, 3.8) is 0 Å². The Balaban J connectivity index is 1.83. The van der Waals surface area contributed by atoms with Gasteiger partial charge in [-0.3, -0.25) is 4.79 Å². The van der Waals surface area contributed by atoms with Crippen molar-refractivity contribution in [3.05, 3.63) is 24.3 Å². The smallest absolute Gasteiger partial charge is 0.486 e. The SMILES string of the molecule is O=C(COc1ccc(OC(F)(F)F)cc1)C1CCCC1. The third-order valence-electron chi connectivity index (χ3n) is 3.25. The summed E-state index contributed by atoms with van der Waals surface area (Å²) in [6.07, 6.45) is -0.762. The van der Waals surface area contributed by atoms with Crippen molar-refractivity contribution in [2.75, 3.05) is 6.61 Å². The fraction of sp³-hybridized carbons (Fsp3) is 0.500. The topological polar surface area (TPSA) is 35.5 Å². The first-order chi connectivity index (χ1) is 9.44. The minimum Gasteiger partial charge on any atom is -0.486 e. The Morgan fingerprint density at radius 2 is 1.65 bits per heavy atom. The maximum atomic E-state index is 12.0. The molecule has 0 spiro atoms. The second-order valence-electron chi connectivity index (χ2n) is 4.76. The van der Waals surface area contributed by atoms with E-state index in [1.807, 2.05) is 0 Å². The van der Waals surface area contributed by atoms with Gasteiger partial charge in [0, 0.05) is 5.92 Å². The predicted octanol–water partition coefficient (Wildman–Crippen LogP) is 3.72. The quantitative estimate of drug-likeness (QED) is 0.828. The number of hydrogen-bond donors (Lipinski definition) is 0. The normalized spacial score (nSPS) is 16.1. The Labute approximate surface area is 114 Å². The van der Waals surface area contributed by atoms with Crippen LogP contribution in [0.4, 0.5) is 13.2 Å². The highest BCUT2D eigenvalue weighted by Gasteiger charge is 2.31. The van der Waals surface area contributed by atoms with Crippen LogP contribution in [0.2, 0.25) is 0 Å². The summed E-state index contributed by atoms with van der Waals surface area (Å²) in [5, 5.41) is 0. The highest BCUT2D eigenvalue weighted by molar-refractivity contribution is 5.82. The molecule has 0 aromatic heterocycles. The van der Waals surface area contributed by atoms with E-state index in [2.05, 4.69) is 4.74 Å². The lowest BCUT2D eigenvalue weighted by Gasteiger charge is -2.11. The van der Waals surface area contributed by atoms with Crippen LogP contribution in [0.15, 0.2) is 24.3 Å². The summed E-state index contributed by atoms with van der Waals surface area (Å²) in [6.45, 7) is -0.0376. The number of Topliss-reactive ketones (excluding diaryl/α,β-unsaturated/α-hetero) is 1. The molecule has 0 aliphatic heterocycles. The number of rotatable bonds is 5. The van der Waals surface area contributed by atoms with Gasteiger partial charge in [0.25, 0.3) is 0 Å². The summed E-state index contributed by atoms with van der Waals surface area (Å²) in [5.41, 5.74) is 0. The molecule has 1 aliphatic carbocycles. The van der Waals surface area contributed by atoms with E-state index < -0.39 is 6.36 Å². The van der Waals surface area contributed by atoms with E-state index in [1.165, 1.54) is 12.1 Å². The van der Waals surface area contributed by atoms with Crippen molar-refractivity contribution >= 4 is 5.78 Å². The summed E-state index contributed by atoms with van der Waals surface area (Å²) in [6, 6.07) is 5.01. The highest BCUT2D eigenvalue weighted by atomic mass is 19.4. The van der Waals surface area contributed by atoms with Gasteiger partial charge in [-0.2, -0.15) is 0 Å². The fourth-order valence-electron chi connectivity index (χ4n) is 2.26. The molecule has 0 amide bonds. The largest absolute Gasteiger partial charge is 0.573 e. The molecule has 2 rings (SSSR count). The van der Waals surface area contributed by atoms with Crippen LogP contribution >= 0.6 is 0 Å². The molecule has 0 saturated heterocycles. The summed E-state index contributed by atoms with van der Waals surface area (Å²) < 4.78 is 44.9. The van der Waals surface area contributed by atoms with Gasteiger partial charge in [0.1, 0.15) is 18.1 Å². The Kier molecular flexibility index (Phi) is 4.52. The van der Waals surface area contributed by atoms with Crippen LogP contribution in [0.3, 0.4) is 0 Å². The molecule has 0 atom stereocenters. The number of benzene rings is 1. The van der Waals surface area contributed by atoms with Crippen LogP contribution in [0.5, 0.6) is 11.5 Å². The number of halogens is 3. The minimum absolute atomic E-state index is 0.0376. The third-order valence-corrected chi connectivity index (χ3v) is 3.25. The van der Waals surface area contributed by atoms with E-state index in [9.17, 15) is 18.0 Å². The van der Waals surface area contributed by atoms with Crippen LogP contribution in [0.1, 0.15) is 25.7 Å². The number of ether oxygens (including phenoxy) is 2. The summed E-state index contributed by atoms with van der Waals surface area (Å²) >= 11 is 0. The Hall–Kier alpha value is -1.72. The number of alkyl halides is 3. The van der Waals surface area contributed by atoms with Gasteiger partial charge >= 0.3 is 6.36 Å². The molecule has 0 N–H and O–H groups in total. The van der Waals surface area contributed by atoms with Gasteiger partial charge in [-0.25, -0.2) is 0 Å². The molecule has 3 nitrogen and oxygen atoms in total. The summed E-state index contributed by atoms with van der Waals surface area (Å²) in [7, 11) is 0. The lowest BCUT2D eigenvalue weighted by molar-refractivity contribution is -0.274. The molecule has 1 aliphatic rings. The summed E-state index contributed by atoms with van der Waals surface area (Å²) in [4.78, 5) is 11.8. The van der Waals surface area contributed by atoms with Crippen LogP contribution in [0, 0.1) is 5.92 Å². The van der Waals surface area contributed by atoms with Crippen molar-refractivity contribution in [1.29, 1.82) is 0 Å². The monoisotopic (exact) mass is 288 g/mol. The third kappa shape index (κ3) is 4.43. The number of hydrogen-bond acceptors (Lipinski definition) is 3. The van der Waals surface area contributed by atoms with Crippen molar-refractivity contribution in [3.8, 4) is 11.5 Å². The highest BCUT2D eigenvalue weighted by Crippen LogP contribution is 2.27. The number of ketones is 1. The zero-order chi connectivity index (χ0) is 14.6. The Morgan fingerprint density at radius 3 is 2.20 bits per heavy atom. The lowest BCUT2D eigenvalue weighted by Crippen LogP contribution is -2.19. The Morgan fingerprint density at radius 1 is 1.10 bits per heavy atom. The van der Waals surface area contributed by atoms with E-state index in [-0.39, 0.29) is 24.1 Å².